The van der Waals surface area contributed by atoms with Crippen LogP contribution in [-0.2, 0) is 14.3 Å². The molecule has 0 N–H and O–H groups in total. The van der Waals surface area contributed by atoms with Crippen LogP contribution >= 0.6 is 0 Å². The van der Waals surface area contributed by atoms with Crippen LogP contribution in [0, 0.1) is 11.3 Å². The number of hydrogen-bond acceptors (Lipinski definition) is 4. The number of rotatable bonds is 2. The van der Waals surface area contributed by atoms with Gasteiger partial charge < -0.3 is 9.47 Å². The van der Waals surface area contributed by atoms with Crippen molar-refractivity contribution < 1.29 is 14.3 Å². The first-order chi connectivity index (χ1) is 6.46. The number of esters is 1. The number of ether oxygens (including phenoxy) is 2. The van der Waals surface area contributed by atoms with E-state index >= 15 is 0 Å². The molecule has 0 unspecified atom stereocenters. The number of nitriles is 1. The van der Waals surface area contributed by atoms with E-state index in [4.69, 9.17) is 14.7 Å². The molecule has 1 aliphatic heterocycles. The third-order valence-electron chi connectivity index (χ3n) is 2.05. The van der Waals surface area contributed by atoms with Crippen molar-refractivity contribution in [3.63, 3.8) is 0 Å². The molecule has 0 amide bonds. The number of carbonyl (C=O) groups is 1. The third kappa shape index (κ3) is 1.78. The van der Waals surface area contributed by atoms with E-state index in [1.165, 1.54) is 0 Å². The lowest BCUT2D eigenvalue weighted by Crippen LogP contribution is -2.40. The van der Waals surface area contributed by atoms with E-state index < -0.39 is 17.2 Å². The molecule has 0 fully saturated rings. The van der Waals surface area contributed by atoms with Crippen LogP contribution in [0.2, 0.25) is 0 Å². The fourth-order valence-corrected chi connectivity index (χ4v) is 1.27. The summed E-state index contributed by atoms with van der Waals surface area (Å²) < 4.78 is 10.2. The Bertz CT molecular complexity index is 318. The molecule has 0 saturated heterocycles. The van der Waals surface area contributed by atoms with Crippen molar-refractivity contribution >= 4 is 5.97 Å². The van der Waals surface area contributed by atoms with Gasteiger partial charge in [0.1, 0.15) is 6.07 Å². The molecule has 14 heavy (non-hydrogen) atoms. The van der Waals surface area contributed by atoms with E-state index in [2.05, 4.69) is 0 Å². The molecule has 4 nitrogen and oxygen atoms in total. The summed E-state index contributed by atoms with van der Waals surface area (Å²) in [6.07, 6.45) is 3.14. The van der Waals surface area contributed by atoms with E-state index in [0.717, 1.165) is 0 Å². The predicted molar refractivity (Wildman–Crippen MR) is 49.3 cm³/mol. The van der Waals surface area contributed by atoms with Gasteiger partial charge in [-0.3, -0.25) is 0 Å². The lowest BCUT2D eigenvalue weighted by molar-refractivity contribution is -0.167. The van der Waals surface area contributed by atoms with E-state index in [1.54, 1.807) is 32.9 Å². The summed E-state index contributed by atoms with van der Waals surface area (Å²) in [7, 11) is 0. The maximum Gasteiger partial charge on any atom is 0.342 e. The normalized spacial score (nSPS) is 35.3. The standard InChI is InChI=1S/C10H13NO3/c1-4-13-8(12)10(3)6-5-9(2,7-11)14-10/h5-6H,4H2,1-3H3/t9-,10+/m1/s1. The van der Waals surface area contributed by atoms with Crippen molar-refractivity contribution in [3.05, 3.63) is 12.2 Å². The van der Waals surface area contributed by atoms with Crippen LogP contribution in [0.5, 0.6) is 0 Å². The molecule has 2 atom stereocenters. The van der Waals surface area contributed by atoms with Gasteiger partial charge in [-0.2, -0.15) is 5.26 Å². The molecule has 0 bridgehead atoms. The molecule has 0 aromatic heterocycles. The Kier molecular flexibility index (Phi) is 2.63. The van der Waals surface area contributed by atoms with Gasteiger partial charge in [0.2, 0.25) is 0 Å². The Morgan fingerprint density at radius 2 is 2.21 bits per heavy atom. The van der Waals surface area contributed by atoms with Crippen LogP contribution in [0.25, 0.3) is 0 Å². The van der Waals surface area contributed by atoms with Crippen LogP contribution < -0.4 is 0 Å². The van der Waals surface area contributed by atoms with Crippen molar-refractivity contribution in [2.24, 2.45) is 0 Å². The molecule has 0 radical (unpaired) electrons. The summed E-state index contributed by atoms with van der Waals surface area (Å²) in [5, 5.41) is 8.79. The lowest BCUT2D eigenvalue weighted by atomic mass is 10.1. The summed E-state index contributed by atoms with van der Waals surface area (Å²) in [6.45, 7) is 5.22. The van der Waals surface area contributed by atoms with Crippen molar-refractivity contribution in [2.75, 3.05) is 6.61 Å². The third-order valence-corrected chi connectivity index (χ3v) is 2.05. The second-order valence-corrected chi connectivity index (χ2v) is 3.48. The zero-order chi connectivity index (χ0) is 10.8. The summed E-state index contributed by atoms with van der Waals surface area (Å²) in [4.78, 5) is 11.5. The van der Waals surface area contributed by atoms with Crippen molar-refractivity contribution in [1.29, 1.82) is 5.26 Å². The maximum absolute atomic E-state index is 11.5. The van der Waals surface area contributed by atoms with Crippen LogP contribution in [0.15, 0.2) is 12.2 Å². The predicted octanol–water partition coefficient (Wildman–Crippen LogP) is 1.18. The average molecular weight is 195 g/mol. The SMILES string of the molecule is CCOC(=O)[C@]1(C)C=C[C@](C)(C#N)O1. The molecule has 0 saturated carbocycles. The molecular weight excluding hydrogens is 182 g/mol. The summed E-state index contributed by atoms with van der Waals surface area (Å²) >= 11 is 0. The molecule has 0 spiro atoms. The van der Waals surface area contributed by atoms with Crippen molar-refractivity contribution in [1.82, 2.24) is 0 Å². The van der Waals surface area contributed by atoms with Gasteiger partial charge in [0, 0.05) is 0 Å². The molecule has 1 rings (SSSR count). The zero-order valence-electron chi connectivity index (χ0n) is 8.53. The highest BCUT2D eigenvalue weighted by atomic mass is 16.6. The minimum atomic E-state index is -1.12. The number of hydrogen-bond donors (Lipinski definition) is 0. The van der Waals surface area contributed by atoms with Gasteiger partial charge in [-0.1, -0.05) is 0 Å². The molecule has 0 aliphatic carbocycles. The largest absolute Gasteiger partial charge is 0.464 e. The molecule has 0 aromatic rings. The Morgan fingerprint density at radius 3 is 2.64 bits per heavy atom. The molecule has 1 aliphatic rings. The van der Waals surface area contributed by atoms with Gasteiger partial charge in [-0.25, -0.2) is 4.79 Å². The van der Waals surface area contributed by atoms with Gasteiger partial charge in [0.25, 0.3) is 0 Å². The fourth-order valence-electron chi connectivity index (χ4n) is 1.27. The Labute approximate surface area is 83.1 Å². The number of carbonyl (C=O) groups excluding carboxylic acids is 1. The summed E-state index contributed by atoms with van der Waals surface area (Å²) in [5.74, 6) is -0.463. The van der Waals surface area contributed by atoms with Crippen LogP contribution in [0.1, 0.15) is 20.8 Å². The summed E-state index contributed by atoms with van der Waals surface area (Å²) in [6, 6.07) is 1.98. The smallest absolute Gasteiger partial charge is 0.342 e. The minimum absolute atomic E-state index is 0.300. The second-order valence-electron chi connectivity index (χ2n) is 3.48. The minimum Gasteiger partial charge on any atom is -0.464 e. The van der Waals surface area contributed by atoms with Crippen molar-refractivity contribution in [3.8, 4) is 6.07 Å². The Morgan fingerprint density at radius 1 is 1.57 bits per heavy atom. The molecule has 4 heteroatoms. The van der Waals surface area contributed by atoms with Gasteiger partial charge in [0.05, 0.1) is 6.61 Å². The van der Waals surface area contributed by atoms with Gasteiger partial charge >= 0.3 is 5.97 Å². The quantitative estimate of drug-likeness (QED) is 0.490. The van der Waals surface area contributed by atoms with Crippen molar-refractivity contribution in [2.45, 2.75) is 32.0 Å². The molecule has 0 aromatic carbocycles. The maximum atomic E-state index is 11.5. The molecular formula is C10H13NO3. The highest BCUT2D eigenvalue weighted by molar-refractivity contribution is 5.82. The first-order valence-corrected chi connectivity index (χ1v) is 4.45. The molecule has 1 heterocycles. The zero-order valence-corrected chi connectivity index (χ0v) is 8.53. The highest BCUT2D eigenvalue weighted by Crippen LogP contribution is 2.31. The van der Waals surface area contributed by atoms with E-state index in [1.807, 2.05) is 6.07 Å². The monoisotopic (exact) mass is 195 g/mol. The van der Waals surface area contributed by atoms with Gasteiger partial charge in [0.15, 0.2) is 11.2 Å². The number of nitrogens with zero attached hydrogens (tertiary/aromatic N) is 1. The molecule has 76 valence electrons. The first kappa shape index (κ1) is 10.7. The van der Waals surface area contributed by atoms with Gasteiger partial charge in [-0.05, 0) is 32.9 Å². The topological polar surface area (TPSA) is 59.3 Å². The Balaban J connectivity index is 2.79. The van der Waals surface area contributed by atoms with Gasteiger partial charge in [-0.15, -0.1) is 0 Å². The van der Waals surface area contributed by atoms with Crippen LogP contribution in [0.3, 0.4) is 0 Å². The summed E-state index contributed by atoms with van der Waals surface area (Å²) in [5.41, 5.74) is -2.15. The average Bonchev–Trinajstić information content (AvgIpc) is 2.46. The first-order valence-electron chi connectivity index (χ1n) is 4.45. The van der Waals surface area contributed by atoms with E-state index in [0.29, 0.717) is 6.61 Å². The van der Waals surface area contributed by atoms with E-state index in [9.17, 15) is 4.79 Å². The van der Waals surface area contributed by atoms with Crippen LogP contribution in [0.4, 0.5) is 0 Å². The highest BCUT2D eigenvalue weighted by Gasteiger charge is 2.45. The van der Waals surface area contributed by atoms with E-state index in [-0.39, 0.29) is 0 Å². The van der Waals surface area contributed by atoms with Crippen LogP contribution in [-0.4, -0.2) is 23.8 Å². The second kappa shape index (κ2) is 3.43. The fraction of sp³-hybridized carbons (Fsp3) is 0.600. The Hall–Kier alpha value is -1.34. The lowest BCUT2D eigenvalue weighted by Gasteiger charge is -2.24.